The Kier molecular flexibility index (Phi) is 8.24. The van der Waals surface area contributed by atoms with Crippen LogP contribution in [-0.2, 0) is 9.53 Å². The van der Waals surface area contributed by atoms with Gasteiger partial charge in [-0.1, -0.05) is 47.5 Å². The SMILES string of the molecule is O=C(NCC1CCCO1)/C(=C/c1cn(-c2ccccc2)nc1-c1cccs1)NC(=O)c1ccc(Cl)cc1Cl. The van der Waals surface area contributed by atoms with Gasteiger partial charge in [0.1, 0.15) is 11.4 Å². The minimum Gasteiger partial charge on any atom is -0.376 e. The highest BCUT2D eigenvalue weighted by Crippen LogP contribution is 2.29. The average molecular weight is 567 g/mol. The second kappa shape index (κ2) is 12.0. The van der Waals surface area contributed by atoms with E-state index in [-0.39, 0.29) is 22.4 Å². The lowest BCUT2D eigenvalue weighted by Crippen LogP contribution is -2.38. The van der Waals surface area contributed by atoms with E-state index in [0.29, 0.717) is 29.4 Å². The molecule has 38 heavy (non-hydrogen) atoms. The molecule has 5 rings (SSSR count). The number of hydrogen-bond donors (Lipinski definition) is 2. The molecule has 2 N–H and O–H groups in total. The van der Waals surface area contributed by atoms with Gasteiger partial charge in [0, 0.05) is 29.9 Å². The Morgan fingerprint density at radius 1 is 1.13 bits per heavy atom. The highest BCUT2D eigenvalue weighted by atomic mass is 35.5. The smallest absolute Gasteiger partial charge is 0.267 e. The summed E-state index contributed by atoms with van der Waals surface area (Å²) in [6, 6.07) is 18.1. The highest BCUT2D eigenvalue weighted by molar-refractivity contribution is 7.13. The van der Waals surface area contributed by atoms with Crippen molar-refractivity contribution in [2.24, 2.45) is 0 Å². The molecule has 2 amide bonds. The van der Waals surface area contributed by atoms with Crippen molar-refractivity contribution in [3.05, 3.63) is 99.1 Å². The molecule has 1 atom stereocenters. The third-order valence-electron chi connectivity index (χ3n) is 6.00. The van der Waals surface area contributed by atoms with Crippen LogP contribution >= 0.6 is 34.5 Å². The number of thiophene rings is 1. The third-order valence-corrected chi connectivity index (χ3v) is 7.42. The molecule has 0 aliphatic carbocycles. The Morgan fingerprint density at radius 3 is 2.68 bits per heavy atom. The molecule has 0 radical (unpaired) electrons. The van der Waals surface area contributed by atoms with E-state index in [2.05, 4.69) is 10.6 Å². The monoisotopic (exact) mass is 566 g/mol. The summed E-state index contributed by atoms with van der Waals surface area (Å²) < 4.78 is 7.39. The van der Waals surface area contributed by atoms with Gasteiger partial charge in [-0.15, -0.1) is 11.3 Å². The van der Waals surface area contributed by atoms with Crippen LogP contribution in [-0.4, -0.2) is 40.9 Å². The number of amides is 2. The Morgan fingerprint density at radius 2 is 1.97 bits per heavy atom. The van der Waals surface area contributed by atoms with E-state index in [0.717, 1.165) is 23.4 Å². The molecule has 0 bridgehead atoms. The number of aromatic nitrogens is 2. The van der Waals surface area contributed by atoms with Gasteiger partial charge in [0.15, 0.2) is 0 Å². The number of carbonyl (C=O) groups excluding carboxylic acids is 2. The summed E-state index contributed by atoms with van der Waals surface area (Å²) in [7, 11) is 0. The second-order valence-corrected chi connectivity index (χ2v) is 10.5. The number of hydrogen-bond acceptors (Lipinski definition) is 5. The van der Waals surface area contributed by atoms with Crippen LogP contribution in [0.1, 0.15) is 28.8 Å². The summed E-state index contributed by atoms with van der Waals surface area (Å²) in [6.45, 7) is 1.02. The van der Waals surface area contributed by atoms with Crippen molar-refractivity contribution in [1.29, 1.82) is 0 Å². The van der Waals surface area contributed by atoms with Crippen LogP contribution in [0, 0.1) is 0 Å². The number of nitrogens with one attached hydrogen (secondary N) is 2. The molecule has 1 aliphatic heterocycles. The van der Waals surface area contributed by atoms with Crippen molar-refractivity contribution in [2.45, 2.75) is 18.9 Å². The van der Waals surface area contributed by atoms with Crippen LogP contribution in [0.4, 0.5) is 0 Å². The topological polar surface area (TPSA) is 85.2 Å². The lowest BCUT2D eigenvalue weighted by atomic mass is 10.1. The largest absolute Gasteiger partial charge is 0.376 e. The maximum absolute atomic E-state index is 13.4. The Labute approximate surface area is 234 Å². The molecule has 2 aromatic heterocycles. The second-order valence-electron chi connectivity index (χ2n) is 8.67. The molecule has 4 aromatic rings. The van der Waals surface area contributed by atoms with Crippen molar-refractivity contribution < 1.29 is 14.3 Å². The highest BCUT2D eigenvalue weighted by Gasteiger charge is 2.22. The first kappa shape index (κ1) is 26.2. The Bertz CT molecular complexity index is 1460. The predicted molar refractivity (Wildman–Crippen MR) is 151 cm³/mol. The molecule has 1 fully saturated rings. The van der Waals surface area contributed by atoms with Crippen molar-refractivity contribution >= 4 is 52.4 Å². The Balaban J connectivity index is 1.52. The van der Waals surface area contributed by atoms with E-state index in [1.807, 2.05) is 54.0 Å². The van der Waals surface area contributed by atoms with Crippen LogP contribution in [0.3, 0.4) is 0 Å². The molecule has 2 aromatic carbocycles. The van der Waals surface area contributed by atoms with Gasteiger partial charge in [0.2, 0.25) is 0 Å². The maximum Gasteiger partial charge on any atom is 0.267 e. The first-order chi connectivity index (χ1) is 18.5. The zero-order chi connectivity index (χ0) is 26.5. The van der Waals surface area contributed by atoms with Crippen LogP contribution in [0.2, 0.25) is 10.0 Å². The fourth-order valence-corrected chi connectivity index (χ4v) is 5.32. The van der Waals surface area contributed by atoms with E-state index < -0.39 is 11.8 Å². The van der Waals surface area contributed by atoms with E-state index in [4.69, 9.17) is 33.0 Å². The van der Waals surface area contributed by atoms with E-state index >= 15 is 0 Å². The fraction of sp³-hybridized carbons (Fsp3) is 0.179. The van der Waals surface area contributed by atoms with Crippen molar-refractivity contribution in [2.75, 3.05) is 13.2 Å². The quantitative estimate of drug-likeness (QED) is 0.257. The van der Waals surface area contributed by atoms with Crippen LogP contribution in [0.25, 0.3) is 22.3 Å². The number of rotatable bonds is 8. The molecule has 194 valence electrons. The molecule has 3 heterocycles. The van der Waals surface area contributed by atoms with Gasteiger partial charge in [-0.05, 0) is 60.7 Å². The van der Waals surface area contributed by atoms with E-state index in [9.17, 15) is 9.59 Å². The maximum atomic E-state index is 13.4. The van der Waals surface area contributed by atoms with Crippen LogP contribution in [0.5, 0.6) is 0 Å². The molecular formula is C28H24Cl2N4O3S. The minimum atomic E-state index is -0.529. The fourth-order valence-electron chi connectivity index (χ4n) is 4.09. The number of benzene rings is 2. The Hall–Kier alpha value is -3.43. The predicted octanol–water partition coefficient (Wildman–Crippen LogP) is 5.97. The first-order valence-electron chi connectivity index (χ1n) is 12.0. The number of para-hydroxylation sites is 1. The lowest BCUT2D eigenvalue weighted by Gasteiger charge is -2.14. The summed E-state index contributed by atoms with van der Waals surface area (Å²) >= 11 is 13.8. The van der Waals surface area contributed by atoms with Gasteiger partial charge in [-0.25, -0.2) is 4.68 Å². The number of halogens is 2. The van der Waals surface area contributed by atoms with Gasteiger partial charge in [0.05, 0.1) is 27.3 Å². The third kappa shape index (κ3) is 6.16. The standard InChI is InChI=1S/C28H24Cl2N4O3S/c29-19-10-11-22(23(30)15-19)27(35)32-24(28(36)31-16-21-8-4-12-37-21)14-18-17-34(20-6-2-1-3-7-20)33-26(18)25-9-5-13-38-25/h1-3,5-7,9-11,13-15,17,21H,4,8,12,16H2,(H,31,36)(H,32,35)/b24-14-. The zero-order valence-corrected chi connectivity index (χ0v) is 22.5. The van der Waals surface area contributed by atoms with Gasteiger partial charge >= 0.3 is 0 Å². The van der Waals surface area contributed by atoms with Crippen LogP contribution in [0.15, 0.2) is 77.9 Å². The summed E-state index contributed by atoms with van der Waals surface area (Å²) in [5, 5.41) is 13.0. The molecule has 1 aliphatic rings. The first-order valence-corrected chi connectivity index (χ1v) is 13.7. The normalized spacial score (nSPS) is 15.4. The summed E-state index contributed by atoms with van der Waals surface area (Å²) in [6.07, 6.45) is 5.24. The van der Waals surface area contributed by atoms with E-state index in [1.165, 1.54) is 23.5 Å². The van der Waals surface area contributed by atoms with Gasteiger partial charge in [-0.3, -0.25) is 9.59 Å². The minimum absolute atomic E-state index is 0.0517. The molecule has 1 unspecified atom stereocenters. The molecule has 0 saturated carbocycles. The zero-order valence-electron chi connectivity index (χ0n) is 20.2. The molecule has 7 nitrogen and oxygen atoms in total. The van der Waals surface area contributed by atoms with E-state index in [1.54, 1.807) is 16.8 Å². The van der Waals surface area contributed by atoms with Crippen molar-refractivity contribution in [3.63, 3.8) is 0 Å². The summed E-state index contributed by atoms with van der Waals surface area (Å²) in [5.74, 6) is -0.971. The average Bonchev–Trinajstić information content (AvgIpc) is 3.69. The van der Waals surface area contributed by atoms with Crippen molar-refractivity contribution in [1.82, 2.24) is 20.4 Å². The van der Waals surface area contributed by atoms with Crippen molar-refractivity contribution in [3.8, 4) is 16.3 Å². The number of ether oxygens (including phenoxy) is 1. The molecule has 10 heteroatoms. The lowest BCUT2D eigenvalue weighted by molar-refractivity contribution is -0.118. The number of carbonyl (C=O) groups is 2. The van der Waals surface area contributed by atoms with Gasteiger partial charge < -0.3 is 15.4 Å². The molecule has 1 saturated heterocycles. The van der Waals surface area contributed by atoms with Gasteiger partial charge in [0.25, 0.3) is 11.8 Å². The van der Waals surface area contributed by atoms with Crippen LogP contribution < -0.4 is 10.6 Å². The summed E-state index contributed by atoms with van der Waals surface area (Å²) in [5.41, 5.74) is 2.48. The molecule has 0 spiro atoms. The summed E-state index contributed by atoms with van der Waals surface area (Å²) in [4.78, 5) is 27.5. The molecular weight excluding hydrogens is 543 g/mol. The van der Waals surface area contributed by atoms with Gasteiger partial charge in [-0.2, -0.15) is 5.10 Å². The number of nitrogens with zero attached hydrogens (tertiary/aromatic N) is 2.